The van der Waals surface area contributed by atoms with Gasteiger partial charge in [0.1, 0.15) is 17.2 Å². The van der Waals surface area contributed by atoms with E-state index in [2.05, 4.69) is 20.6 Å². The van der Waals surface area contributed by atoms with E-state index in [4.69, 9.17) is 16.3 Å². The number of amides is 2. The number of piperidine rings is 1. The summed E-state index contributed by atoms with van der Waals surface area (Å²) in [5.74, 6) is 0.659. The number of likely N-dealkylation sites (tertiary alicyclic amines) is 1. The number of nitrogens with one attached hydrogen (secondary N) is 2. The highest BCUT2D eigenvalue weighted by Gasteiger charge is 2.27. The number of ether oxygens (including phenoxy) is 1. The number of aromatic nitrogens is 2. The van der Waals surface area contributed by atoms with E-state index in [9.17, 15) is 9.59 Å². The monoisotopic (exact) mass is 369 g/mol. The second kappa shape index (κ2) is 7.86. The van der Waals surface area contributed by atoms with Gasteiger partial charge in [-0.15, -0.1) is 0 Å². The van der Waals surface area contributed by atoms with Crippen molar-refractivity contribution in [2.75, 3.05) is 23.7 Å². The van der Waals surface area contributed by atoms with E-state index in [1.807, 2.05) is 20.8 Å². The van der Waals surface area contributed by atoms with E-state index in [0.29, 0.717) is 24.7 Å². The van der Waals surface area contributed by atoms with Gasteiger partial charge in [0.05, 0.1) is 0 Å². The van der Waals surface area contributed by atoms with Crippen LogP contribution in [0.5, 0.6) is 0 Å². The molecule has 2 rings (SSSR count). The number of hydrogen-bond acceptors (Lipinski definition) is 6. The Kier molecular flexibility index (Phi) is 6.05. The van der Waals surface area contributed by atoms with Crippen LogP contribution in [0, 0.1) is 0 Å². The minimum atomic E-state index is -0.496. The smallest absolute Gasteiger partial charge is 0.410 e. The summed E-state index contributed by atoms with van der Waals surface area (Å²) >= 11 is 5.89. The third kappa shape index (κ3) is 6.38. The first-order valence-electron chi connectivity index (χ1n) is 8.19. The van der Waals surface area contributed by atoms with Gasteiger partial charge in [-0.3, -0.25) is 4.79 Å². The van der Waals surface area contributed by atoms with Crippen LogP contribution in [0.15, 0.2) is 6.07 Å². The zero-order valence-electron chi connectivity index (χ0n) is 14.9. The van der Waals surface area contributed by atoms with Gasteiger partial charge in [-0.2, -0.15) is 0 Å². The van der Waals surface area contributed by atoms with Crippen molar-refractivity contribution in [1.29, 1.82) is 0 Å². The van der Waals surface area contributed by atoms with Crippen LogP contribution >= 0.6 is 11.6 Å². The molecule has 8 nitrogen and oxygen atoms in total. The predicted molar refractivity (Wildman–Crippen MR) is 95.8 cm³/mol. The Morgan fingerprint density at radius 1 is 1.24 bits per heavy atom. The number of hydrogen-bond donors (Lipinski definition) is 2. The molecule has 1 aliphatic rings. The summed E-state index contributed by atoms with van der Waals surface area (Å²) in [6, 6.07) is 1.78. The molecule has 25 heavy (non-hydrogen) atoms. The summed E-state index contributed by atoms with van der Waals surface area (Å²) in [4.78, 5) is 33.0. The fourth-order valence-electron chi connectivity index (χ4n) is 2.48. The molecule has 2 amide bonds. The standard InChI is InChI=1S/C16H24ClN5O3/c1-10(23)18-12-9-13(21-14(17)20-12)19-11-5-7-22(8-6-11)15(24)25-16(2,3)4/h9,11H,5-8H2,1-4H3,(H2,18,19,20,21,23). The van der Waals surface area contributed by atoms with Gasteiger partial charge in [-0.1, -0.05) is 0 Å². The van der Waals surface area contributed by atoms with Gasteiger partial charge >= 0.3 is 6.09 Å². The quantitative estimate of drug-likeness (QED) is 0.795. The van der Waals surface area contributed by atoms with E-state index < -0.39 is 5.60 Å². The van der Waals surface area contributed by atoms with Crippen molar-refractivity contribution in [3.8, 4) is 0 Å². The van der Waals surface area contributed by atoms with Gasteiger partial charge < -0.3 is 20.3 Å². The molecule has 2 heterocycles. The van der Waals surface area contributed by atoms with E-state index in [-0.39, 0.29) is 23.3 Å². The average Bonchev–Trinajstić information content (AvgIpc) is 2.44. The van der Waals surface area contributed by atoms with Crippen LogP contribution in [-0.4, -0.2) is 51.6 Å². The molecule has 2 N–H and O–H groups in total. The Balaban J connectivity index is 1.91. The summed E-state index contributed by atoms with van der Waals surface area (Å²) < 4.78 is 5.39. The van der Waals surface area contributed by atoms with E-state index in [1.54, 1.807) is 11.0 Å². The summed E-state index contributed by atoms with van der Waals surface area (Å²) in [6.07, 6.45) is 1.23. The molecule has 1 saturated heterocycles. The minimum absolute atomic E-state index is 0.0555. The maximum absolute atomic E-state index is 12.1. The molecule has 0 radical (unpaired) electrons. The number of carbonyl (C=O) groups is 2. The minimum Gasteiger partial charge on any atom is -0.444 e. The first kappa shape index (κ1) is 19.2. The van der Waals surface area contributed by atoms with Gasteiger partial charge in [0.2, 0.25) is 11.2 Å². The second-order valence-electron chi connectivity index (χ2n) is 6.97. The lowest BCUT2D eigenvalue weighted by Gasteiger charge is -2.33. The second-order valence-corrected chi connectivity index (χ2v) is 7.31. The number of nitrogens with zero attached hydrogens (tertiary/aromatic N) is 3. The van der Waals surface area contributed by atoms with Crippen molar-refractivity contribution in [2.24, 2.45) is 0 Å². The molecular weight excluding hydrogens is 346 g/mol. The fraction of sp³-hybridized carbons (Fsp3) is 0.625. The van der Waals surface area contributed by atoms with E-state index in [1.165, 1.54) is 6.92 Å². The molecule has 0 bridgehead atoms. The zero-order chi connectivity index (χ0) is 18.6. The third-order valence-electron chi connectivity index (χ3n) is 3.50. The van der Waals surface area contributed by atoms with E-state index >= 15 is 0 Å². The van der Waals surface area contributed by atoms with Crippen molar-refractivity contribution in [1.82, 2.24) is 14.9 Å². The number of halogens is 1. The molecule has 1 aliphatic heterocycles. The van der Waals surface area contributed by atoms with Crippen LogP contribution in [0.1, 0.15) is 40.5 Å². The molecule has 138 valence electrons. The maximum Gasteiger partial charge on any atom is 0.410 e. The molecule has 0 unspecified atom stereocenters. The number of anilines is 2. The summed E-state index contributed by atoms with van der Waals surface area (Å²) in [7, 11) is 0. The van der Waals surface area contributed by atoms with Crippen molar-refractivity contribution >= 4 is 35.2 Å². The van der Waals surface area contributed by atoms with Crippen LogP contribution in [-0.2, 0) is 9.53 Å². The highest BCUT2D eigenvalue weighted by molar-refractivity contribution is 6.28. The van der Waals surface area contributed by atoms with Crippen molar-refractivity contribution in [3.05, 3.63) is 11.3 Å². The Hall–Kier alpha value is -2.09. The summed E-state index contributed by atoms with van der Waals surface area (Å²) in [5, 5.41) is 5.92. The first-order chi connectivity index (χ1) is 11.6. The van der Waals surface area contributed by atoms with Crippen molar-refractivity contribution in [2.45, 2.75) is 52.2 Å². The maximum atomic E-state index is 12.1. The van der Waals surface area contributed by atoms with Crippen LogP contribution in [0.4, 0.5) is 16.4 Å². The van der Waals surface area contributed by atoms with Crippen LogP contribution in [0.3, 0.4) is 0 Å². The topological polar surface area (TPSA) is 96.5 Å². The molecular formula is C16H24ClN5O3. The molecule has 1 aromatic heterocycles. The average molecular weight is 370 g/mol. The lowest BCUT2D eigenvalue weighted by molar-refractivity contribution is -0.114. The fourth-order valence-corrected chi connectivity index (χ4v) is 2.66. The number of carbonyl (C=O) groups excluding carboxylic acids is 2. The summed E-state index contributed by atoms with van der Waals surface area (Å²) in [6.45, 7) is 8.16. The molecule has 9 heteroatoms. The lowest BCUT2D eigenvalue weighted by atomic mass is 10.1. The predicted octanol–water partition coefficient (Wildman–Crippen LogP) is 2.90. The molecule has 0 atom stereocenters. The SMILES string of the molecule is CC(=O)Nc1cc(NC2CCN(C(=O)OC(C)(C)C)CC2)nc(Cl)n1. The Morgan fingerprint density at radius 2 is 1.84 bits per heavy atom. The number of rotatable bonds is 3. The molecule has 0 spiro atoms. The largest absolute Gasteiger partial charge is 0.444 e. The lowest BCUT2D eigenvalue weighted by Crippen LogP contribution is -2.44. The Bertz CT molecular complexity index is 639. The normalized spacial score (nSPS) is 15.6. The first-order valence-corrected chi connectivity index (χ1v) is 8.57. The van der Waals surface area contributed by atoms with Crippen molar-refractivity contribution in [3.63, 3.8) is 0 Å². The van der Waals surface area contributed by atoms with Crippen LogP contribution in [0.2, 0.25) is 5.28 Å². The van der Waals surface area contributed by atoms with Crippen LogP contribution in [0.25, 0.3) is 0 Å². The van der Waals surface area contributed by atoms with Gasteiger partial charge in [0.25, 0.3) is 0 Å². The molecule has 0 aliphatic carbocycles. The Labute approximate surface area is 152 Å². The summed E-state index contributed by atoms with van der Waals surface area (Å²) in [5.41, 5.74) is -0.496. The van der Waals surface area contributed by atoms with Crippen LogP contribution < -0.4 is 10.6 Å². The highest BCUT2D eigenvalue weighted by Crippen LogP contribution is 2.20. The van der Waals surface area contributed by atoms with Gasteiger partial charge in [0.15, 0.2) is 0 Å². The molecule has 0 saturated carbocycles. The van der Waals surface area contributed by atoms with Gasteiger partial charge in [0, 0.05) is 32.1 Å². The molecule has 0 aromatic carbocycles. The zero-order valence-corrected chi connectivity index (χ0v) is 15.7. The van der Waals surface area contributed by atoms with Gasteiger partial charge in [-0.25, -0.2) is 14.8 Å². The van der Waals surface area contributed by atoms with E-state index in [0.717, 1.165) is 12.8 Å². The highest BCUT2D eigenvalue weighted by atomic mass is 35.5. The third-order valence-corrected chi connectivity index (χ3v) is 3.67. The molecule has 1 aromatic rings. The van der Waals surface area contributed by atoms with Gasteiger partial charge in [-0.05, 0) is 45.2 Å². The van der Waals surface area contributed by atoms with Crippen molar-refractivity contribution < 1.29 is 14.3 Å². The molecule has 1 fully saturated rings. The Morgan fingerprint density at radius 3 is 2.40 bits per heavy atom.